The van der Waals surface area contributed by atoms with Crippen molar-refractivity contribution in [3.05, 3.63) is 237 Å². The van der Waals surface area contributed by atoms with Gasteiger partial charge in [-0.25, -0.2) is 0 Å². The van der Waals surface area contributed by atoms with E-state index in [1.54, 1.807) is 0 Å². The van der Waals surface area contributed by atoms with Crippen LogP contribution in [0.15, 0.2) is 241 Å². The second kappa shape index (κ2) is 15.1. The first-order chi connectivity index (χ1) is 29.7. The number of hydrogen-bond donors (Lipinski definition) is 0. The van der Waals surface area contributed by atoms with Gasteiger partial charge < -0.3 is 9.32 Å². The third-order valence-electron chi connectivity index (χ3n) is 11.7. The predicted octanol–water partition coefficient (Wildman–Crippen LogP) is 16.5. The first-order valence-electron chi connectivity index (χ1n) is 20.5. The lowest BCUT2D eigenvalue weighted by molar-refractivity contribution is 0.669. The van der Waals surface area contributed by atoms with E-state index >= 15 is 0 Å². The summed E-state index contributed by atoms with van der Waals surface area (Å²) in [6.07, 6.45) is 0. The average molecular weight is 766 g/mol. The highest BCUT2D eigenvalue weighted by atomic mass is 16.3. The summed E-state index contributed by atoms with van der Waals surface area (Å²) in [5, 5.41) is 4.70. The molecule has 0 radical (unpaired) electrons. The van der Waals surface area contributed by atoms with Gasteiger partial charge in [0.15, 0.2) is 0 Å². The molecule has 2 heteroatoms. The van der Waals surface area contributed by atoms with Crippen molar-refractivity contribution >= 4 is 49.8 Å². The van der Waals surface area contributed by atoms with E-state index in [9.17, 15) is 0 Å². The molecule has 1 aromatic heterocycles. The summed E-state index contributed by atoms with van der Waals surface area (Å²) >= 11 is 0. The molecule has 1 heterocycles. The fraction of sp³-hybridized carbons (Fsp3) is 0. The van der Waals surface area contributed by atoms with Gasteiger partial charge in [0.1, 0.15) is 11.2 Å². The highest BCUT2D eigenvalue weighted by Gasteiger charge is 2.20. The van der Waals surface area contributed by atoms with E-state index in [4.69, 9.17) is 4.42 Å². The van der Waals surface area contributed by atoms with Crippen LogP contribution in [0.3, 0.4) is 0 Å². The Labute approximate surface area is 349 Å². The lowest BCUT2D eigenvalue weighted by Gasteiger charge is -2.27. The van der Waals surface area contributed by atoms with Crippen molar-refractivity contribution in [3.63, 3.8) is 0 Å². The number of furan rings is 1. The molecular weight excluding hydrogens is 727 g/mol. The summed E-state index contributed by atoms with van der Waals surface area (Å²) < 4.78 is 6.46. The molecule has 0 spiro atoms. The number of benzene rings is 10. The Hall–Kier alpha value is -7.94. The smallest absolute Gasteiger partial charge is 0.137 e. The molecule has 0 amide bonds. The van der Waals surface area contributed by atoms with Crippen molar-refractivity contribution in [2.45, 2.75) is 0 Å². The zero-order valence-electron chi connectivity index (χ0n) is 32.9. The van der Waals surface area contributed by atoms with Crippen LogP contribution in [0.5, 0.6) is 0 Å². The number of rotatable bonds is 8. The van der Waals surface area contributed by atoms with Gasteiger partial charge in [-0.2, -0.15) is 0 Å². The summed E-state index contributed by atoms with van der Waals surface area (Å²) in [6.45, 7) is 0. The van der Waals surface area contributed by atoms with Crippen molar-refractivity contribution in [1.82, 2.24) is 0 Å². The molecule has 282 valence electrons. The van der Waals surface area contributed by atoms with E-state index in [-0.39, 0.29) is 0 Å². The van der Waals surface area contributed by atoms with Gasteiger partial charge in [-0.3, -0.25) is 0 Å². The van der Waals surface area contributed by atoms with Crippen molar-refractivity contribution < 1.29 is 4.42 Å². The van der Waals surface area contributed by atoms with Crippen LogP contribution in [0.25, 0.3) is 88.3 Å². The molecule has 2 nitrogen and oxygen atoms in total. The Morgan fingerprint density at radius 3 is 1.62 bits per heavy atom. The van der Waals surface area contributed by atoms with Crippen LogP contribution in [0.2, 0.25) is 0 Å². The van der Waals surface area contributed by atoms with E-state index in [0.29, 0.717) is 0 Å². The minimum absolute atomic E-state index is 0.859. The standard InChI is InChI=1S/C58H39NO/c1-3-16-42(17-4-1)50-23-9-10-25-55(50)58-51(43-18-5-2-6-19-43)26-14-27-52(58)46-21-13-22-48(38-46)59(49-35-36-54-53-24-11-12-28-56(53)60-57(54)39-49)47-33-31-41(32-34-47)45-30-29-40-15-7-8-20-44(40)37-45/h1-39H. The molecule has 10 aromatic carbocycles. The molecule has 0 bridgehead atoms. The van der Waals surface area contributed by atoms with E-state index < -0.39 is 0 Å². The minimum atomic E-state index is 0.859. The summed E-state index contributed by atoms with van der Waals surface area (Å²) in [5.41, 5.74) is 16.7. The van der Waals surface area contributed by atoms with Crippen LogP contribution in [0.4, 0.5) is 17.1 Å². The van der Waals surface area contributed by atoms with Crippen LogP contribution >= 0.6 is 0 Å². The molecule has 0 N–H and O–H groups in total. The van der Waals surface area contributed by atoms with Gasteiger partial charge in [-0.15, -0.1) is 0 Å². The summed E-state index contributed by atoms with van der Waals surface area (Å²) in [7, 11) is 0. The Kier molecular flexibility index (Phi) is 8.87. The molecule has 11 aromatic rings. The van der Waals surface area contributed by atoms with Crippen LogP contribution in [-0.4, -0.2) is 0 Å². The lowest BCUT2D eigenvalue weighted by Crippen LogP contribution is -2.10. The van der Waals surface area contributed by atoms with Gasteiger partial charge in [-0.05, 0) is 115 Å². The minimum Gasteiger partial charge on any atom is -0.456 e. The Bertz CT molecular complexity index is 3310. The SMILES string of the molecule is c1ccc(-c2ccccc2-c2c(-c3ccccc3)cccc2-c2cccc(N(c3ccc(-c4ccc5ccccc5c4)cc3)c3ccc4c(c3)oc3ccccc34)c2)cc1. The molecule has 0 unspecified atom stereocenters. The summed E-state index contributed by atoms with van der Waals surface area (Å²) in [5.74, 6) is 0. The monoisotopic (exact) mass is 765 g/mol. The van der Waals surface area contributed by atoms with Crippen molar-refractivity contribution in [1.29, 1.82) is 0 Å². The van der Waals surface area contributed by atoms with Gasteiger partial charge >= 0.3 is 0 Å². The maximum absolute atomic E-state index is 6.46. The van der Waals surface area contributed by atoms with E-state index in [2.05, 4.69) is 229 Å². The summed E-state index contributed by atoms with van der Waals surface area (Å²) in [4.78, 5) is 2.35. The molecule has 11 rings (SSSR count). The molecule has 0 aliphatic rings. The van der Waals surface area contributed by atoms with Gasteiger partial charge in [-0.1, -0.05) is 182 Å². The van der Waals surface area contributed by atoms with Crippen molar-refractivity contribution in [2.24, 2.45) is 0 Å². The van der Waals surface area contributed by atoms with Gasteiger partial charge in [0.2, 0.25) is 0 Å². The molecule has 0 aliphatic heterocycles. The van der Waals surface area contributed by atoms with E-state index in [0.717, 1.165) is 44.6 Å². The summed E-state index contributed by atoms with van der Waals surface area (Å²) in [6, 6.07) is 85.0. The van der Waals surface area contributed by atoms with Gasteiger partial charge in [0.05, 0.1) is 0 Å². The fourth-order valence-electron chi connectivity index (χ4n) is 8.80. The fourth-order valence-corrected chi connectivity index (χ4v) is 8.80. The molecule has 0 atom stereocenters. The topological polar surface area (TPSA) is 16.4 Å². The largest absolute Gasteiger partial charge is 0.456 e. The highest BCUT2D eigenvalue weighted by molar-refractivity contribution is 6.06. The van der Waals surface area contributed by atoms with Crippen LogP contribution in [0, 0.1) is 0 Å². The molecular formula is C58H39NO. The second-order valence-electron chi connectivity index (χ2n) is 15.3. The third-order valence-corrected chi connectivity index (χ3v) is 11.7. The normalized spacial score (nSPS) is 11.3. The van der Waals surface area contributed by atoms with E-state index in [1.807, 2.05) is 12.1 Å². The van der Waals surface area contributed by atoms with Crippen LogP contribution in [0.1, 0.15) is 0 Å². The highest BCUT2D eigenvalue weighted by Crippen LogP contribution is 2.46. The van der Waals surface area contributed by atoms with Crippen LogP contribution in [-0.2, 0) is 0 Å². The second-order valence-corrected chi connectivity index (χ2v) is 15.3. The number of fused-ring (bicyclic) bond motifs is 4. The first kappa shape index (κ1) is 35.2. The zero-order valence-corrected chi connectivity index (χ0v) is 32.9. The predicted molar refractivity (Wildman–Crippen MR) is 253 cm³/mol. The van der Waals surface area contributed by atoms with Gasteiger partial charge in [0, 0.05) is 33.9 Å². The Balaban J connectivity index is 1.09. The number of para-hydroxylation sites is 1. The molecule has 0 saturated carbocycles. The third kappa shape index (κ3) is 6.41. The molecule has 0 aliphatic carbocycles. The first-order valence-corrected chi connectivity index (χ1v) is 20.5. The van der Waals surface area contributed by atoms with Crippen molar-refractivity contribution in [2.75, 3.05) is 4.90 Å². The number of hydrogen-bond acceptors (Lipinski definition) is 2. The maximum atomic E-state index is 6.46. The maximum Gasteiger partial charge on any atom is 0.137 e. The average Bonchev–Trinajstić information content (AvgIpc) is 3.70. The quantitative estimate of drug-likeness (QED) is 0.153. The number of nitrogens with zero attached hydrogens (tertiary/aromatic N) is 1. The molecule has 0 fully saturated rings. The Morgan fingerprint density at radius 1 is 0.267 bits per heavy atom. The van der Waals surface area contributed by atoms with Gasteiger partial charge in [0.25, 0.3) is 0 Å². The number of anilines is 3. The molecule has 60 heavy (non-hydrogen) atoms. The van der Waals surface area contributed by atoms with Crippen molar-refractivity contribution in [3.8, 4) is 55.6 Å². The molecule has 0 saturated heterocycles. The zero-order chi connectivity index (χ0) is 39.8. The van der Waals surface area contributed by atoms with Crippen LogP contribution < -0.4 is 4.90 Å². The Morgan fingerprint density at radius 2 is 0.817 bits per heavy atom. The van der Waals surface area contributed by atoms with E-state index in [1.165, 1.54) is 60.8 Å². The lowest BCUT2D eigenvalue weighted by atomic mass is 9.84.